The number of rotatable bonds is 3. The minimum atomic E-state index is 0.669. The van der Waals surface area contributed by atoms with Crippen molar-refractivity contribution in [2.24, 2.45) is 0 Å². The predicted molar refractivity (Wildman–Crippen MR) is 149 cm³/mol. The first-order valence-corrected chi connectivity index (χ1v) is 12.0. The van der Waals surface area contributed by atoms with Crippen LogP contribution < -0.4 is 0 Å². The molecule has 36 heavy (non-hydrogen) atoms. The molecule has 3 heteroatoms. The molecule has 0 saturated heterocycles. The molecule has 3 nitrogen and oxygen atoms in total. The van der Waals surface area contributed by atoms with Gasteiger partial charge in [0.25, 0.3) is 0 Å². The Morgan fingerprint density at radius 2 is 0.556 bits per heavy atom. The molecule has 0 amide bonds. The van der Waals surface area contributed by atoms with Gasteiger partial charge < -0.3 is 0 Å². The highest BCUT2D eigenvalue weighted by atomic mass is 15.0. The summed E-state index contributed by atoms with van der Waals surface area (Å²) in [6.45, 7) is 0. The van der Waals surface area contributed by atoms with Crippen LogP contribution in [0.25, 0.3) is 66.5 Å². The average Bonchev–Trinajstić information content (AvgIpc) is 2.96. The molecule has 0 N–H and O–H groups in total. The quantitative estimate of drug-likeness (QED) is 0.267. The van der Waals surface area contributed by atoms with Crippen LogP contribution in [0.15, 0.2) is 127 Å². The standard InChI is InChI=1S/C33H21N3/c1-4-10-25-19-28(16-13-22(25)7-1)31-34-32(29-17-14-23-8-2-5-11-26(23)20-29)36-33(35-31)30-18-15-24-9-3-6-12-27(24)21-30/h1-21H. The Morgan fingerprint density at radius 1 is 0.278 bits per heavy atom. The lowest BCUT2D eigenvalue weighted by atomic mass is 10.0. The van der Waals surface area contributed by atoms with E-state index in [4.69, 9.17) is 15.0 Å². The van der Waals surface area contributed by atoms with E-state index in [-0.39, 0.29) is 0 Å². The van der Waals surface area contributed by atoms with Gasteiger partial charge in [-0.3, -0.25) is 0 Å². The number of fused-ring (bicyclic) bond motifs is 3. The lowest BCUT2D eigenvalue weighted by molar-refractivity contribution is 1.08. The van der Waals surface area contributed by atoms with Crippen molar-refractivity contribution in [3.8, 4) is 34.2 Å². The van der Waals surface area contributed by atoms with Crippen LogP contribution >= 0.6 is 0 Å². The maximum atomic E-state index is 4.95. The molecule has 168 valence electrons. The second-order valence-corrected chi connectivity index (χ2v) is 8.99. The van der Waals surface area contributed by atoms with Crippen LogP contribution in [0.1, 0.15) is 0 Å². The van der Waals surface area contributed by atoms with Crippen molar-refractivity contribution < 1.29 is 0 Å². The summed E-state index contributed by atoms with van der Waals surface area (Å²) in [6.07, 6.45) is 0. The van der Waals surface area contributed by atoms with Crippen molar-refractivity contribution in [3.63, 3.8) is 0 Å². The fraction of sp³-hybridized carbons (Fsp3) is 0. The molecule has 0 radical (unpaired) electrons. The monoisotopic (exact) mass is 459 g/mol. The summed E-state index contributed by atoms with van der Waals surface area (Å²) in [5, 5.41) is 7.07. The van der Waals surface area contributed by atoms with Crippen molar-refractivity contribution in [3.05, 3.63) is 127 Å². The second-order valence-electron chi connectivity index (χ2n) is 8.99. The smallest absolute Gasteiger partial charge is 0.164 e. The molecule has 1 heterocycles. The van der Waals surface area contributed by atoms with Gasteiger partial charge in [-0.05, 0) is 50.5 Å². The van der Waals surface area contributed by atoms with Crippen molar-refractivity contribution in [1.82, 2.24) is 15.0 Å². The molecule has 6 aromatic carbocycles. The third kappa shape index (κ3) is 3.68. The molecule has 0 aliphatic carbocycles. The maximum absolute atomic E-state index is 4.95. The summed E-state index contributed by atoms with van der Waals surface area (Å²) in [6, 6.07) is 44.1. The van der Waals surface area contributed by atoms with E-state index < -0.39 is 0 Å². The maximum Gasteiger partial charge on any atom is 0.164 e. The van der Waals surface area contributed by atoms with E-state index in [1.807, 2.05) is 0 Å². The van der Waals surface area contributed by atoms with Crippen LogP contribution in [0.2, 0.25) is 0 Å². The molecule has 0 bridgehead atoms. The van der Waals surface area contributed by atoms with Gasteiger partial charge in [0.15, 0.2) is 17.5 Å². The van der Waals surface area contributed by atoms with E-state index >= 15 is 0 Å². The molecule has 0 fully saturated rings. The van der Waals surface area contributed by atoms with Gasteiger partial charge in [0.05, 0.1) is 0 Å². The molecule has 0 aliphatic heterocycles. The summed E-state index contributed by atoms with van der Waals surface area (Å²) in [4.78, 5) is 14.9. The summed E-state index contributed by atoms with van der Waals surface area (Å²) >= 11 is 0. The molecular weight excluding hydrogens is 438 g/mol. The van der Waals surface area contributed by atoms with E-state index in [0.717, 1.165) is 32.8 Å². The van der Waals surface area contributed by atoms with Gasteiger partial charge in [-0.2, -0.15) is 0 Å². The molecule has 7 rings (SSSR count). The molecule has 0 aliphatic rings. The van der Waals surface area contributed by atoms with Gasteiger partial charge in [-0.15, -0.1) is 0 Å². The summed E-state index contributed by atoms with van der Waals surface area (Å²) in [5.41, 5.74) is 2.92. The van der Waals surface area contributed by atoms with Crippen LogP contribution in [0, 0.1) is 0 Å². The molecule has 0 unspecified atom stereocenters. The SMILES string of the molecule is c1ccc2cc(-c3nc(-c4ccc5ccccc5c4)nc(-c4ccc5ccccc5c4)n3)ccc2c1. The summed E-state index contributed by atoms with van der Waals surface area (Å²) < 4.78 is 0. The van der Waals surface area contributed by atoms with Crippen molar-refractivity contribution in [2.45, 2.75) is 0 Å². The lowest BCUT2D eigenvalue weighted by Gasteiger charge is -2.10. The van der Waals surface area contributed by atoms with Gasteiger partial charge in [-0.1, -0.05) is 109 Å². The molecule has 0 atom stereocenters. The van der Waals surface area contributed by atoms with Crippen molar-refractivity contribution >= 4 is 32.3 Å². The van der Waals surface area contributed by atoms with Crippen molar-refractivity contribution in [2.75, 3.05) is 0 Å². The van der Waals surface area contributed by atoms with Gasteiger partial charge in [0, 0.05) is 16.7 Å². The molecule has 0 saturated carbocycles. The summed E-state index contributed by atoms with van der Waals surface area (Å²) in [7, 11) is 0. The zero-order chi connectivity index (χ0) is 23.9. The molecule has 7 aromatic rings. The molecular formula is C33H21N3. The van der Waals surface area contributed by atoms with E-state index in [1.54, 1.807) is 0 Å². The van der Waals surface area contributed by atoms with Crippen molar-refractivity contribution in [1.29, 1.82) is 0 Å². The Hall–Kier alpha value is -4.89. The number of nitrogens with zero attached hydrogens (tertiary/aromatic N) is 3. The van der Waals surface area contributed by atoms with Gasteiger partial charge >= 0.3 is 0 Å². The predicted octanol–water partition coefficient (Wildman–Crippen LogP) is 8.33. The highest BCUT2D eigenvalue weighted by molar-refractivity contribution is 5.89. The van der Waals surface area contributed by atoms with Crippen LogP contribution in [-0.4, -0.2) is 15.0 Å². The fourth-order valence-corrected chi connectivity index (χ4v) is 4.75. The van der Waals surface area contributed by atoms with Gasteiger partial charge in [0.1, 0.15) is 0 Å². The third-order valence-electron chi connectivity index (χ3n) is 6.66. The van der Waals surface area contributed by atoms with Crippen LogP contribution in [0.5, 0.6) is 0 Å². The first kappa shape index (κ1) is 20.5. The topological polar surface area (TPSA) is 38.7 Å². The summed E-state index contributed by atoms with van der Waals surface area (Å²) in [5.74, 6) is 2.01. The highest BCUT2D eigenvalue weighted by Gasteiger charge is 2.13. The van der Waals surface area contributed by atoms with E-state index in [9.17, 15) is 0 Å². The highest BCUT2D eigenvalue weighted by Crippen LogP contribution is 2.29. The first-order chi connectivity index (χ1) is 17.8. The average molecular weight is 460 g/mol. The number of benzene rings is 6. The molecule has 0 spiro atoms. The van der Waals surface area contributed by atoms with Gasteiger partial charge in [0.2, 0.25) is 0 Å². The largest absolute Gasteiger partial charge is 0.208 e. The zero-order valence-corrected chi connectivity index (χ0v) is 19.5. The van der Waals surface area contributed by atoms with Crippen LogP contribution in [-0.2, 0) is 0 Å². The van der Waals surface area contributed by atoms with E-state index in [1.165, 1.54) is 16.2 Å². The Kier molecular flexibility index (Phi) is 4.78. The van der Waals surface area contributed by atoms with Crippen LogP contribution in [0.3, 0.4) is 0 Å². The Bertz CT molecular complexity index is 1670. The minimum absolute atomic E-state index is 0.669. The van der Waals surface area contributed by atoms with Crippen LogP contribution in [0.4, 0.5) is 0 Å². The van der Waals surface area contributed by atoms with Gasteiger partial charge in [-0.25, -0.2) is 15.0 Å². The first-order valence-electron chi connectivity index (χ1n) is 12.0. The molecule has 1 aromatic heterocycles. The van der Waals surface area contributed by atoms with E-state index in [0.29, 0.717) is 17.5 Å². The number of hydrogen-bond donors (Lipinski definition) is 0. The van der Waals surface area contributed by atoms with E-state index in [2.05, 4.69) is 127 Å². The number of hydrogen-bond acceptors (Lipinski definition) is 3. The fourth-order valence-electron chi connectivity index (χ4n) is 4.75. The minimum Gasteiger partial charge on any atom is -0.208 e. The Labute approximate surface area is 208 Å². The Balaban J connectivity index is 1.45. The zero-order valence-electron chi connectivity index (χ0n) is 19.5. The Morgan fingerprint density at radius 3 is 0.861 bits per heavy atom. The second kappa shape index (κ2) is 8.40. The lowest BCUT2D eigenvalue weighted by Crippen LogP contribution is -2.00. The third-order valence-corrected chi connectivity index (χ3v) is 6.66. The normalized spacial score (nSPS) is 11.3. The number of aromatic nitrogens is 3.